The van der Waals surface area contributed by atoms with E-state index in [-0.39, 0.29) is 12.3 Å². The van der Waals surface area contributed by atoms with Gasteiger partial charge in [0.1, 0.15) is 12.4 Å². The molecule has 8 heteroatoms. The summed E-state index contributed by atoms with van der Waals surface area (Å²) in [6.45, 7) is 2.07. The lowest BCUT2D eigenvalue weighted by molar-refractivity contribution is 0.291. The van der Waals surface area contributed by atoms with Crippen molar-refractivity contribution in [2.45, 2.75) is 13.5 Å². The van der Waals surface area contributed by atoms with Gasteiger partial charge in [-0.15, -0.1) is 5.10 Å². The molecule has 0 radical (unpaired) electrons. The van der Waals surface area contributed by atoms with E-state index in [4.69, 9.17) is 16.3 Å². The van der Waals surface area contributed by atoms with E-state index in [1.807, 2.05) is 54.7 Å². The van der Waals surface area contributed by atoms with Crippen LogP contribution in [0.4, 0.5) is 0 Å². The van der Waals surface area contributed by atoms with Crippen molar-refractivity contribution in [1.29, 1.82) is 0 Å². The van der Waals surface area contributed by atoms with Crippen molar-refractivity contribution in [2.24, 2.45) is 7.05 Å². The molecule has 28 heavy (non-hydrogen) atoms. The van der Waals surface area contributed by atoms with Gasteiger partial charge in [-0.05, 0) is 37.3 Å². The van der Waals surface area contributed by atoms with Crippen LogP contribution in [0.25, 0.3) is 11.4 Å². The molecule has 0 saturated heterocycles. The summed E-state index contributed by atoms with van der Waals surface area (Å²) in [5, 5.41) is 9.30. The second-order valence-electron chi connectivity index (χ2n) is 6.28. The smallest absolute Gasteiger partial charge is 0.350 e. The zero-order chi connectivity index (χ0) is 19.7. The summed E-state index contributed by atoms with van der Waals surface area (Å²) in [5.74, 6) is 1.10. The van der Waals surface area contributed by atoms with Gasteiger partial charge in [-0.25, -0.2) is 18.7 Å². The highest BCUT2D eigenvalue weighted by Gasteiger charge is 2.13. The zero-order valence-corrected chi connectivity index (χ0v) is 16.2. The number of nitrogens with zero attached hydrogens (tertiary/aromatic N) is 5. The Kier molecular flexibility index (Phi) is 4.75. The van der Waals surface area contributed by atoms with Crippen molar-refractivity contribution < 1.29 is 4.74 Å². The molecule has 142 valence electrons. The van der Waals surface area contributed by atoms with Gasteiger partial charge in [0.05, 0.1) is 11.4 Å². The van der Waals surface area contributed by atoms with Crippen molar-refractivity contribution in [3.05, 3.63) is 87.7 Å². The maximum Gasteiger partial charge on any atom is 0.350 e. The van der Waals surface area contributed by atoms with E-state index >= 15 is 0 Å². The van der Waals surface area contributed by atoms with Gasteiger partial charge in [-0.3, -0.25) is 0 Å². The van der Waals surface area contributed by atoms with E-state index in [9.17, 15) is 4.79 Å². The van der Waals surface area contributed by atoms with E-state index < -0.39 is 0 Å². The fourth-order valence-electron chi connectivity index (χ4n) is 2.99. The summed E-state index contributed by atoms with van der Waals surface area (Å²) in [6, 6.07) is 16.8. The molecular weight excluding hydrogens is 378 g/mol. The lowest BCUT2D eigenvalue weighted by Gasteiger charge is -2.10. The van der Waals surface area contributed by atoms with Crippen LogP contribution in [0.2, 0.25) is 5.02 Å². The normalized spacial score (nSPS) is 11.0. The minimum absolute atomic E-state index is 0.197. The second-order valence-corrected chi connectivity index (χ2v) is 6.72. The number of para-hydroxylation sites is 1. The minimum Gasteiger partial charge on any atom is -0.472 e. The summed E-state index contributed by atoms with van der Waals surface area (Å²) in [4.78, 5) is 12.4. The lowest BCUT2D eigenvalue weighted by Crippen LogP contribution is -2.23. The standard InChI is InChI=1S/C20H18ClN5O2/c1-14-22-24(2)20(27)26(14)18-6-4-3-5-15(18)13-28-19-11-12-25(23-19)17-9-7-16(21)8-10-17/h3-12H,13H2,1-2H3. The number of halogens is 1. The number of aryl methyl sites for hydroxylation is 2. The molecule has 0 amide bonds. The number of hydrogen-bond donors (Lipinski definition) is 0. The Bertz CT molecular complexity index is 1170. The van der Waals surface area contributed by atoms with Gasteiger partial charge in [0, 0.05) is 29.9 Å². The molecule has 0 aliphatic heterocycles. The summed E-state index contributed by atoms with van der Waals surface area (Å²) in [5.41, 5.74) is 2.30. The van der Waals surface area contributed by atoms with Gasteiger partial charge in [0.15, 0.2) is 0 Å². The van der Waals surface area contributed by atoms with Crippen LogP contribution in [0.5, 0.6) is 5.88 Å². The Morgan fingerprint density at radius 3 is 2.50 bits per heavy atom. The molecule has 4 rings (SSSR count). The lowest BCUT2D eigenvalue weighted by atomic mass is 10.2. The van der Waals surface area contributed by atoms with Crippen molar-refractivity contribution in [1.82, 2.24) is 24.1 Å². The molecular formula is C20H18ClN5O2. The predicted octanol–water partition coefficient (Wildman–Crippen LogP) is 3.30. The van der Waals surface area contributed by atoms with Crippen LogP contribution in [0, 0.1) is 6.92 Å². The Morgan fingerprint density at radius 2 is 1.79 bits per heavy atom. The number of rotatable bonds is 5. The van der Waals surface area contributed by atoms with E-state index in [0.29, 0.717) is 16.7 Å². The maximum absolute atomic E-state index is 12.4. The van der Waals surface area contributed by atoms with Gasteiger partial charge in [-0.1, -0.05) is 29.8 Å². The first kappa shape index (κ1) is 18.1. The van der Waals surface area contributed by atoms with Crippen molar-refractivity contribution in [3.8, 4) is 17.3 Å². The molecule has 0 bridgehead atoms. The first-order chi connectivity index (χ1) is 13.5. The number of ether oxygens (including phenoxy) is 1. The van der Waals surface area contributed by atoms with Crippen molar-refractivity contribution in [3.63, 3.8) is 0 Å². The van der Waals surface area contributed by atoms with Crippen molar-refractivity contribution in [2.75, 3.05) is 0 Å². The molecule has 0 saturated carbocycles. The van der Waals surface area contributed by atoms with E-state index in [2.05, 4.69) is 10.2 Å². The van der Waals surface area contributed by atoms with E-state index in [0.717, 1.165) is 16.9 Å². The first-order valence-electron chi connectivity index (χ1n) is 8.68. The predicted molar refractivity (Wildman–Crippen MR) is 106 cm³/mol. The molecule has 0 fully saturated rings. The average Bonchev–Trinajstić information content (AvgIpc) is 3.26. The van der Waals surface area contributed by atoms with Crippen LogP contribution in [0.1, 0.15) is 11.4 Å². The van der Waals surface area contributed by atoms with Gasteiger partial charge >= 0.3 is 5.69 Å². The highest BCUT2D eigenvalue weighted by atomic mass is 35.5. The average molecular weight is 396 g/mol. The third-order valence-electron chi connectivity index (χ3n) is 4.35. The molecule has 2 aromatic carbocycles. The van der Waals surface area contributed by atoms with Crippen LogP contribution in [0.15, 0.2) is 65.6 Å². The Labute approximate surface area is 166 Å². The molecule has 0 unspecified atom stereocenters. The highest BCUT2D eigenvalue weighted by molar-refractivity contribution is 6.30. The monoisotopic (exact) mass is 395 g/mol. The van der Waals surface area contributed by atoms with Gasteiger partial charge in [0.25, 0.3) is 0 Å². The molecule has 0 N–H and O–H groups in total. The van der Waals surface area contributed by atoms with Gasteiger partial charge in [0.2, 0.25) is 5.88 Å². The zero-order valence-electron chi connectivity index (χ0n) is 15.4. The van der Waals surface area contributed by atoms with E-state index in [1.54, 1.807) is 29.3 Å². The van der Waals surface area contributed by atoms with Crippen LogP contribution >= 0.6 is 11.6 Å². The number of benzene rings is 2. The summed E-state index contributed by atoms with van der Waals surface area (Å²) in [7, 11) is 1.63. The molecule has 7 nitrogen and oxygen atoms in total. The molecule has 4 aromatic rings. The second kappa shape index (κ2) is 7.36. The van der Waals surface area contributed by atoms with Crippen LogP contribution in [-0.4, -0.2) is 24.1 Å². The summed E-state index contributed by atoms with van der Waals surface area (Å²) >= 11 is 5.93. The molecule has 0 aliphatic rings. The number of hydrogen-bond acceptors (Lipinski definition) is 4. The third kappa shape index (κ3) is 3.44. The van der Waals surface area contributed by atoms with Crippen LogP contribution < -0.4 is 10.4 Å². The Morgan fingerprint density at radius 1 is 1.04 bits per heavy atom. The molecule has 0 aliphatic carbocycles. The SMILES string of the molecule is Cc1nn(C)c(=O)n1-c1ccccc1COc1ccn(-c2ccc(Cl)cc2)n1. The highest BCUT2D eigenvalue weighted by Crippen LogP contribution is 2.19. The van der Waals surface area contributed by atoms with Crippen LogP contribution in [-0.2, 0) is 13.7 Å². The van der Waals surface area contributed by atoms with Crippen LogP contribution in [0.3, 0.4) is 0 Å². The maximum atomic E-state index is 12.4. The molecule has 2 heterocycles. The molecule has 0 spiro atoms. The minimum atomic E-state index is -0.197. The molecule has 0 atom stereocenters. The largest absolute Gasteiger partial charge is 0.472 e. The quantitative estimate of drug-likeness (QED) is 0.520. The van der Waals surface area contributed by atoms with E-state index in [1.165, 1.54) is 4.68 Å². The number of aromatic nitrogens is 5. The Balaban J connectivity index is 1.57. The summed E-state index contributed by atoms with van der Waals surface area (Å²) in [6.07, 6.45) is 1.82. The Hall–Kier alpha value is -3.32. The summed E-state index contributed by atoms with van der Waals surface area (Å²) < 4.78 is 10.5. The van der Waals surface area contributed by atoms with Gasteiger partial charge < -0.3 is 4.74 Å². The third-order valence-corrected chi connectivity index (χ3v) is 4.60. The topological polar surface area (TPSA) is 66.9 Å². The molecule has 2 aromatic heterocycles. The van der Waals surface area contributed by atoms with Crippen molar-refractivity contribution >= 4 is 11.6 Å². The first-order valence-corrected chi connectivity index (χ1v) is 9.06. The fourth-order valence-corrected chi connectivity index (χ4v) is 3.12. The fraction of sp³-hybridized carbons (Fsp3) is 0.150. The van der Waals surface area contributed by atoms with Gasteiger partial charge in [-0.2, -0.15) is 5.10 Å².